The summed E-state index contributed by atoms with van der Waals surface area (Å²) in [6, 6.07) is 7.88. The second kappa shape index (κ2) is 4.94. The number of carbonyl (C=O) groups excluding carboxylic acids is 1. The Hall–Kier alpha value is -1.81. The van der Waals surface area contributed by atoms with Crippen molar-refractivity contribution in [2.45, 2.75) is 13.3 Å². The van der Waals surface area contributed by atoms with Crippen LogP contribution in [0.4, 0.5) is 5.82 Å². The standard InChI is InChI=1S/C15H16ClN3O/c1-9-12(16)4-2-10-3-5-13(18-14(9)10)19-7-6-11(8-19)15(17)20/h2-5,11H,6-8H2,1H3,(H2,17,20). The second-order valence-corrected chi connectivity index (χ2v) is 5.65. The van der Waals surface area contributed by atoms with Crippen LogP contribution in [0.25, 0.3) is 10.9 Å². The van der Waals surface area contributed by atoms with Gasteiger partial charge in [-0.3, -0.25) is 4.79 Å². The van der Waals surface area contributed by atoms with E-state index in [1.54, 1.807) is 0 Å². The normalized spacial score (nSPS) is 18.7. The molecule has 1 aromatic carbocycles. The molecular formula is C15H16ClN3O. The number of pyridine rings is 1. The Labute approximate surface area is 122 Å². The number of aryl methyl sites for hydroxylation is 1. The molecule has 0 saturated carbocycles. The molecule has 2 aromatic rings. The van der Waals surface area contributed by atoms with Crippen LogP contribution in [-0.4, -0.2) is 24.0 Å². The third-order valence-corrected chi connectivity index (χ3v) is 4.36. The Kier molecular flexibility index (Phi) is 3.26. The molecule has 20 heavy (non-hydrogen) atoms. The molecule has 1 atom stereocenters. The number of aromatic nitrogens is 1. The molecule has 2 N–H and O–H groups in total. The summed E-state index contributed by atoms with van der Waals surface area (Å²) in [5.74, 6) is 0.576. The van der Waals surface area contributed by atoms with Gasteiger partial charge in [-0.1, -0.05) is 17.7 Å². The molecule has 1 aromatic heterocycles. The van der Waals surface area contributed by atoms with Crippen LogP contribution in [0.15, 0.2) is 24.3 Å². The fourth-order valence-electron chi connectivity index (χ4n) is 2.67. The largest absolute Gasteiger partial charge is 0.369 e. The number of rotatable bonds is 2. The van der Waals surface area contributed by atoms with Gasteiger partial charge in [0.05, 0.1) is 11.4 Å². The first-order chi connectivity index (χ1) is 9.56. The van der Waals surface area contributed by atoms with Gasteiger partial charge < -0.3 is 10.6 Å². The van der Waals surface area contributed by atoms with E-state index in [0.717, 1.165) is 40.3 Å². The monoisotopic (exact) mass is 289 g/mol. The summed E-state index contributed by atoms with van der Waals surface area (Å²) in [7, 11) is 0. The van der Waals surface area contributed by atoms with Crippen molar-refractivity contribution in [1.29, 1.82) is 0 Å². The van der Waals surface area contributed by atoms with Crippen molar-refractivity contribution in [2.24, 2.45) is 11.7 Å². The predicted octanol–water partition coefficient (Wildman–Crippen LogP) is 2.51. The average molecular weight is 290 g/mol. The summed E-state index contributed by atoms with van der Waals surface area (Å²) in [5.41, 5.74) is 7.27. The van der Waals surface area contributed by atoms with Crippen molar-refractivity contribution in [3.8, 4) is 0 Å². The number of benzene rings is 1. The third kappa shape index (κ3) is 2.20. The highest BCUT2D eigenvalue weighted by Gasteiger charge is 2.27. The molecule has 1 aliphatic rings. The maximum absolute atomic E-state index is 11.2. The Morgan fingerprint density at radius 3 is 2.85 bits per heavy atom. The van der Waals surface area contributed by atoms with Crippen molar-refractivity contribution >= 4 is 34.2 Å². The fraction of sp³-hybridized carbons (Fsp3) is 0.333. The van der Waals surface area contributed by atoms with E-state index in [1.807, 2.05) is 31.2 Å². The van der Waals surface area contributed by atoms with Crippen LogP contribution in [0.5, 0.6) is 0 Å². The number of primary amides is 1. The Morgan fingerprint density at radius 2 is 2.15 bits per heavy atom. The minimum Gasteiger partial charge on any atom is -0.369 e. The summed E-state index contributed by atoms with van der Waals surface area (Å²) in [5, 5.41) is 1.79. The molecule has 0 spiro atoms. The van der Waals surface area contributed by atoms with Crippen molar-refractivity contribution in [3.63, 3.8) is 0 Å². The molecule has 1 aliphatic heterocycles. The molecule has 1 fully saturated rings. The van der Waals surface area contributed by atoms with E-state index in [4.69, 9.17) is 22.3 Å². The van der Waals surface area contributed by atoms with E-state index in [0.29, 0.717) is 6.54 Å². The van der Waals surface area contributed by atoms with Gasteiger partial charge in [-0.2, -0.15) is 0 Å². The van der Waals surface area contributed by atoms with E-state index < -0.39 is 0 Å². The lowest BCUT2D eigenvalue weighted by atomic mass is 10.1. The highest BCUT2D eigenvalue weighted by atomic mass is 35.5. The number of amides is 1. The summed E-state index contributed by atoms with van der Waals surface area (Å²) in [4.78, 5) is 18.1. The smallest absolute Gasteiger partial charge is 0.222 e. The Bertz CT molecular complexity index is 686. The lowest BCUT2D eigenvalue weighted by Crippen LogP contribution is -2.27. The van der Waals surface area contributed by atoms with E-state index in [1.165, 1.54) is 0 Å². The number of halogens is 1. The molecule has 0 aliphatic carbocycles. The second-order valence-electron chi connectivity index (χ2n) is 5.25. The van der Waals surface area contributed by atoms with Crippen LogP contribution >= 0.6 is 11.6 Å². The molecule has 2 heterocycles. The molecule has 1 amide bonds. The zero-order valence-electron chi connectivity index (χ0n) is 11.3. The van der Waals surface area contributed by atoms with Crippen molar-refractivity contribution in [3.05, 3.63) is 34.9 Å². The predicted molar refractivity (Wildman–Crippen MR) is 81.0 cm³/mol. The van der Waals surface area contributed by atoms with Gasteiger partial charge in [0.15, 0.2) is 0 Å². The van der Waals surface area contributed by atoms with Gasteiger partial charge in [-0.25, -0.2) is 4.98 Å². The molecule has 104 valence electrons. The zero-order valence-corrected chi connectivity index (χ0v) is 12.0. The van der Waals surface area contributed by atoms with Crippen LogP contribution < -0.4 is 10.6 Å². The van der Waals surface area contributed by atoms with Crippen molar-refractivity contribution < 1.29 is 4.79 Å². The summed E-state index contributed by atoms with van der Waals surface area (Å²) in [6.45, 7) is 3.43. The van der Waals surface area contributed by atoms with E-state index >= 15 is 0 Å². The molecule has 1 saturated heterocycles. The minimum atomic E-state index is -0.229. The SMILES string of the molecule is Cc1c(Cl)ccc2ccc(N3CCC(C(N)=O)C3)nc12. The van der Waals surface area contributed by atoms with Gasteiger partial charge in [0.25, 0.3) is 0 Å². The first kappa shape index (κ1) is 13.2. The van der Waals surface area contributed by atoms with Gasteiger partial charge in [-0.05, 0) is 37.1 Å². The van der Waals surface area contributed by atoms with Crippen LogP contribution in [0.3, 0.4) is 0 Å². The van der Waals surface area contributed by atoms with E-state index in [9.17, 15) is 4.79 Å². The molecule has 0 radical (unpaired) electrons. The highest BCUT2D eigenvalue weighted by Crippen LogP contribution is 2.28. The van der Waals surface area contributed by atoms with Crippen LogP contribution in [0.2, 0.25) is 5.02 Å². The van der Waals surface area contributed by atoms with Crippen LogP contribution in [-0.2, 0) is 4.79 Å². The Morgan fingerprint density at radius 1 is 1.40 bits per heavy atom. The highest BCUT2D eigenvalue weighted by molar-refractivity contribution is 6.32. The van der Waals surface area contributed by atoms with Gasteiger partial charge in [0.2, 0.25) is 5.91 Å². The van der Waals surface area contributed by atoms with E-state index in [2.05, 4.69) is 4.90 Å². The first-order valence-electron chi connectivity index (χ1n) is 6.66. The topological polar surface area (TPSA) is 59.2 Å². The van der Waals surface area contributed by atoms with Crippen molar-refractivity contribution in [1.82, 2.24) is 4.98 Å². The zero-order chi connectivity index (χ0) is 14.3. The fourth-order valence-corrected chi connectivity index (χ4v) is 2.82. The summed E-state index contributed by atoms with van der Waals surface area (Å²) < 4.78 is 0. The van der Waals surface area contributed by atoms with Gasteiger partial charge >= 0.3 is 0 Å². The van der Waals surface area contributed by atoms with Gasteiger partial charge in [0.1, 0.15) is 5.82 Å². The van der Waals surface area contributed by atoms with Crippen LogP contribution in [0, 0.1) is 12.8 Å². The maximum Gasteiger partial charge on any atom is 0.222 e. The van der Waals surface area contributed by atoms with Crippen molar-refractivity contribution in [2.75, 3.05) is 18.0 Å². The summed E-state index contributed by atoms with van der Waals surface area (Å²) in [6.07, 6.45) is 0.795. The number of nitrogens with two attached hydrogens (primary N) is 1. The molecule has 4 nitrogen and oxygen atoms in total. The lowest BCUT2D eigenvalue weighted by Gasteiger charge is -2.18. The first-order valence-corrected chi connectivity index (χ1v) is 7.04. The molecule has 1 unspecified atom stereocenters. The van der Waals surface area contributed by atoms with Crippen LogP contribution in [0.1, 0.15) is 12.0 Å². The summed E-state index contributed by atoms with van der Waals surface area (Å²) >= 11 is 6.15. The number of anilines is 1. The Balaban J connectivity index is 1.97. The quantitative estimate of drug-likeness (QED) is 0.924. The van der Waals surface area contributed by atoms with Gasteiger partial charge in [-0.15, -0.1) is 0 Å². The number of nitrogens with zero attached hydrogens (tertiary/aromatic N) is 2. The van der Waals surface area contributed by atoms with Gasteiger partial charge in [0, 0.05) is 23.5 Å². The number of hydrogen-bond acceptors (Lipinski definition) is 3. The average Bonchev–Trinajstić information content (AvgIpc) is 2.93. The minimum absolute atomic E-state index is 0.0760. The number of hydrogen-bond donors (Lipinski definition) is 1. The molecule has 5 heteroatoms. The number of fused-ring (bicyclic) bond motifs is 1. The third-order valence-electron chi connectivity index (χ3n) is 3.95. The molecular weight excluding hydrogens is 274 g/mol. The maximum atomic E-state index is 11.2. The lowest BCUT2D eigenvalue weighted by molar-refractivity contribution is -0.121. The van der Waals surface area contributed by atoms with E-state index in [-0.39, 0.29) is 11.8 Å². The molecule has 3 rings (SSSR count). The molecule has 0 bridgehead atoms. The number of carbonyl (C=O) groups is 1.